The molecule has 0 radical (unpaired) electrons. The first-order valence-electron chi connectivity index (χ1n) is 5.96. The monoisotopic (exact) mass is 327 g/mol. The minimum Gasteiger partial charge on any atom is -0.481 e. The Morgan fingerprint density at radius 2 is 2.10 bits per heavy atom. The van der Waals surface area contributed by atoms with Gasteiger partial charge in [0.25, 0.3) is 0 Å². The Labute approximate surface area is 128 Å². The molecule has 3 N–H and O–H groups in total. The number of hydrogen-bond donors (Lipinski definition) is 2. The number of halogens is 1. The zero-order valence-electron chi connectivity index (χ0n) is 11.2. The van der Waals surface area contributed by atoms with Crippen LogP contribution in [0.1, 0.15) is 5.56 Å². The van der Waals surface area contributed by atoms with Crippen LogP contribution in [-0.4, -0.2) is 20.5 Å². The molecule has 1 aromatic heterocycles. The summed E-state index contributed by atoms with van der Waals surface area (Å²) in [5, 5.41) is 0.380. The van der Waals surface area contributed by atoms with Crippen LogP contribution in [0.3, 0.4) is 0 Å². The van der Waals surface area contributed by atoms with Crippen LogP contribution < -0.4 is 15.2 Å². The van der Waals surface area contributed by atoms with E-state index >= 15 is 0 Å². The molecule has 0 atom stereocenters. The zero-order chi connectivity index (χ0) is 15.5. The summed E-state index contributed by atoms with van der Waals surface area (Å²) in [4.78, 5) is 3.99. The van der Waals surface area contributed by atoms with Crippen LogP contribution >= 0.6 is 11.6 Å². The molecule has 0 bridgehead atoms. The molecule has 112 valence electrons. The average molecular weight is 328 g/mol. The van der Waals surface area contributed by atoms with Gasteiger partial charge < -0.3 is 10.5 Å². The summed E-state index contributed by atoms with van der Waals surface area (Å²) in [5.74, 6) is 0.462. The van der Waals surface area contributed by atoms with Gasteiger partial charge >= 0.3 is 0 Å². The van der Waals surface area contributed by atoms with Gasteiger partial charge in [0.15, 0.2) is 0 Å². The Balaban J connectivity index is 2.13. The van der Waals surface area contributed by atoms with Crippen molar-refractivity contribution in [3.05, 3.63) is 47.1 Å². The highest BCUT2D eigenvalue weighted by molar-refractivity contribution is 7.89. The van der Waals surface area contributed by atoms with Crippen molar-refractivity contribution in [3.8, 4) is 5.88 Å². The molecule has 6 nitrogen and oxygen atoms in total. The largest absolute Gasteiger partial charge is 0.481 e. The van der Waals surface area contributed by atoms with Crippen LogP contribution in [0.25, 0.3) is 0 Å². The van der Waals surface area contributed by atoms with Gasteiger partial charge in [-0.2, -0.15) is 0 Å². The number of nitrogens with two attached hydrogens (primary N) is 1. The number of benzene rings is 1. The lowest BCUT2D eigenvalue weighted by Gasteiger charge is -2.09. The maximum Gasteiger partial charge on any atom is 0.242 e. The fraction of sp³-hybridized carbons (Fsp3) is 0.154. The van der Waals surface area contributed by atoms with Crippen molar-refractivity contribution in [2.75, 3.05) is 12.8 Å². The highest BCUT2D eigenvalue weighted by Gasteiger charge is 2.17. The third-order valence-electron chi connectivity index (χ3n) is 2.73. The van der Waals surface area contributed by atoms with Crippen LogP contribution in [-0.2, 0) is 16.6 Å². The predicted octanol–water partition coefficient (Wildman–Crippen LogP) is 1.80. The minimum absolute atomic E-state index is 0.00614. The van der Waals surface area contributed by atoms with Crippen molar-refractivity contribution in [1.29, 1.82) is 0 Å². The van der Waals surface area contributed by atoms with Gasteiger partial charge in [-0.1, -0.05) is 17.7 Å². The van der Waals surface area contributed by atoms with Crippen LogP contribution in [0.4, 0.5) is 5.69 Å². The molecule has 0 aliphatic carbocycles. The lowest BCUT2D eigenvalue weighted by molar-refractivity contribution is 0.397. The number of nitrogens with one attached hydrogen (secondary N) is 1. The summed E-state index contributed by atoms with van der Waals surface area (Å²) in [7, 11) is -2.21. The topological polar surface area (TPSA) is 94.3 Å². The van der Waals surface area contributed by atoms with E-state index < -0.39 is 10.0 Å². The number of hydrogen-bond acceptors (Lipinski definition) is 5. The van der Waals surface area contributed by atoms with Crippen LogP contribution in [0.2, 0.25) is 5.02 Å². The van der Waals surface area contributed by atoms with E-state index in [1.165, 1.54) is 31.5 Å². The molecule has 0 amide bonds. The number of aromatic nitrogens is 1. The number of methoxy groups -OCH3 is 1. The summed E-state index contributed by atoms with van der Waals surface area (Å²) in [6.45, 7) is 0.0986. The van der Waals surface area contributed by atoms with Crippen LogP contribution in [0.15, 0.2) is 41.4 Å². The second kappa shape index (κ2) is 6.30. The standard InChI is InChI=1S/C13H14ClN3O3S/c1-20-13-5-2-9(7-16-13)8-17-21(18,19)12-4-3-10(14)6-11(12)15/h2-7,17H,8,15H2,1H3. The second-order valence-corrected chi connectivity index (χ2v) is 6.39. The second-order valence-electron chi connectivity index (χ2n) is 4.22. The maximum absolute atomic E-state index is 12.2. The Bertz CT molecular complexity index is 733. The Morgan fingerprint density at radius 3 is 2.67 bits per heavy atom. The normalized spacial score (nSPS) is 11.3. The molecule has 1 heterocycles. The number of sulfonamides is 1. The fourth-order valence-corrected chi connectivity index (χ4v) is 2.97. The molecule has 2 aromatic rings. The smallest absolute Gasteiger partial charge is 0.242 e. The van der Waals surface area contributed by atoms with Crippen LogP contribution in [0.5, 0.6) is 5.88 Å². The third kappa shape index (κ3) is 3.84. The van der Waals surface area contributed by atoms with E-state index in [-0.39, 0.29) is 17.1 Å². The van der Waals surface area contributed by atoms with Gasteiger partial charge in [-0.15, -0.1) is 0 Å². The van der Waals surface area contributed by atoms with Gasteiger partial charge in [0.2, 0.25) is 15.9 Å². The molecule has 1 aromatic carbocycles. The van der Waals surface area contributed by atoms with Crippen LogP contribution in [0, 0.1) is 0 Å². The summed E-state index contributed by atoms with van der Waals surface area (Å²) in [6.07, 6.45) is 1.53. The van der Waals surface area contributed by atoms with Crippen molar-refractivity contribution in [2.45, 2.75) is 11.4 Å². The first kappa shape index (κ1) is 15.6. The molecule has 0 aliphatic heterocycles. The average Bonchev–Trinajstić information content (AvgIpc) is 2.45. The Hall–Kier alpha value is -1.83. The first-order valence-corrected chi connectivity index (χ1v) is 7.82. The first-order chi connectivity index (χ1) is 9.92. The Morgan fingerprint density at radius 1 is 1.33 bits per heavy atom. The van der Waals surface area contributed by atoms with Gasteiger partial charge in [0.05, 0.1) is 12.8 Å². The summed E-state index contributed by atoms with van der Waals surface area (Å²) < 4.78 is 31.8. The van der Waals surface area contributed by atoms with E-state index in [9.17, 15) is 8.42 Å². The number of nitrogens with zero attached hydrogens (tertiary/aromatic N) is 1. The van der Waals surface area contributed by atoms with Crippen molar-refractivity contribution in [3.63, 3.8) is 0 Å². The van der Waals surface area contributed by atoms with E-state index in [4.69, 9.17) is 22.1 Å². The summed E-state index contributed by atoms with van der Waals surface area (Å²) in [6, 6.07) is 7.61. The lowest BCUT2D eigenvalue weighted by Crippen LogP contribution is -2.24. The lowest BCUT2D eigenvalue weighted by atomic mass is 10.3. The summed E-state index contributed by atoms with van der Waals surface area (Å²) in [5.41, 5.74) is 6.48. The van der Waals surface area contributed by atoms with E-state index in [1.807, 2.05) is 0 Å². The maximum atomic E-state index is 12.2. The molecule has 0 saturated carbocycles. The van der Waals surface area contributed by atoms with E-state index in [0.29, 0.717) is 16.5 Å². The molecule has 8 heteroatoms. The quantitative estimate of drug-likeness (QED) is 0.817. The molecule has 0 saturated heterocycles. The number of anilines is 1. The van der Waals surface area contributed by atoms with Gasteiger partial charge in [-0.05, 0) is 23.8 Å². The van der Waals surface area contributed by atoms with E-state index in [0.717, 1.165) is 0 Å². The molecule has 0 spiro atoms. The SMILES string of the molecule is COc1ccc(CNS(=O)(=O)c2ccc(Cl)cc2N)cn1. The zero-order valence-corrected chi connectivity index (χ0v) is 12.8. The molecule has 2 rings (SSSR count). The molecule has 0 unspecified atom stereocenters. The minimum atomic E-state index is -3.71. The van der Waals surface area contributed by atoms with E-state index in [1.54, 1.807) is 12.1 Å². The molecule has 0 aliphatic rings. The van der Waals surface area contributed by atoms with Gasteiger partial charge in [0.1, 0.15) is 4.90 Å². The highest BCUT2D eigenvalue weighted by Crippen LogP contribution is 2.22. The predicted molar refractivity (Wildman–Crippen MR) is 80.7 cm³/mol. The van der Waals surface area contributed by atoms with Crippen molar-refractivity contribution in [1.82, 2.24) is 9.71 Å². The fourth-order valence-electron chi connectivity index (χ4n) is 1.66. The molecular formula is C13H14ClN3O3S. The number of ether oxygens (including phenoxy) is 1. The molecule has 21 heavy (non-hydrogen) atoms. The summed E-state index contributed by atoms with van der Waals surface area (Å²) >= 11 is 5.75. The number of rotatable bonds is 5. The number of nitrogen functional groups attached to an aromatic ring is 1. The van der Waals surface area contributed by atoms with Crippen molar-refractivity contribution >= 4 is 27.3 Å². The molecule has 0 fully saturated rings. The van der Waals surface area contributed by atoms with Gasteiger partial charge in [-0.25, -0.2) is 18.1 Å². The van der Waals surface area contributed by atoms with Gasteiger partial charge in [0, 0.05) is 23.8 Å². The number of pyridine rings is 1. The Kier molecular flexibility index (Phi) is 4.66. The van der Waals surface area contributed by atoms with Crippen molar-refractivity contribution < 1.29 is 13.2 Å². The van der Waals surface area contributed by atoms with Crippen molar-refractivity contribution in [2.24, 2.45) is 0 Å². The van der Waals surface area contributed by atoms with Gasteiger partial charge in [-0.3, -0.25) is 0 Å². The molecular weight excluding hydrogens is 314 g/mol. The third-order valence-corrected chi connectivity index (χ3v) is 4.44. The highest BCUT2D eigenvalue weighted by atomic mass is 35.5. The van der Waals surface area contributed by atoms with E-state index in [2.05, 4.69) is 9.71 Å².